The molecule has 0 N–H and O–H groups in total. The van der Waals surface area contributed by atoms with Crippen molar-refractivity contribution in [3.05, 3.63) is 42.2 Å². The lowest BCUT2D eigenvalue weighted by molar-refractivity contribution is -0.736. The molecule has 0 bridgehead atoms. The third kappa shape index (κ3) is 2.15. The number of pyridine rings is 1. The van der Waals surface area contributed by atoms with Crippen molar-refractivity contribution in [3.8, 4) is 5.88 Å². The van der Waals surface area contributed by atoms with Crippen molar-refractivity contribution < 1.29 is 19.2 Å². The summed E-state index contributed by atoms with van der Waals surface area (Å²) in [6, 6.07) is 10.0. The molecule has 2 aromatic heterocycles. The second kappa shape index (κ2) is 5.82. The summed E-state index contributed by atoms with van der Waals surface area (Å²) in [5.74, 6) is -0.829. The SMILES string of the molecule is COC(=O)c1c([O-])[n+](C2CCCCC2)c2c3ccccc3ccn12. The monoisotopic (exact) mass is 324 g/mol. The molecule has 0 spiro atoms. The van der Waals surface area contributed by atoms with E-state index in [1.807, 2.05) is 34.9 Å². The van der Waals surface area contributed by atoms with E-state index >= 15 is 0 Å². The van der Waals surface area contributed by atoms with Crippen LogP contribution in [0, 0.1) is 0 Å². The molecule has 0 radical (unpaired) electrons. The predicted molar refractivity (Wildman–Crippen MR) is 88.0 cm³/mol. The van der Waals surface area contributed by atoms with Gasteiger partial charge in [0.05, 0.1) is 18.7 Å². The van der Waals surface area contributed by atoms with Gasteiger partial charge in [0.25, 0.3) is 5.65 Å². The quantitative estimate of drug-likeness (QED) is 0.538. The molecule has 1 aliphatic carbocycles. The maximum atomic E-state index is 13.1. The van der Waals surface area contributed by atoms with Gasteiger partial charge in [-0.2, -0.15) is 4.40 Å². The van der Waals surface area contributed by atoms with E-state index in [0.717, 1.165) is 42.1 Å². The average Bonchev–Trinajstić information content (AvgIpc) is 2.94. The fraction of sp³-hybridized carbons (Fsp3) is 0.368. The normalized spacial score (nSPS) is 15.9. The van der Waals surface area contributed by atoms with Crippen molar-refractivity contribution in [1.82, 2.24) is 4.40 Å². The number of imidazole rings is 1. The van der Waals surface area contributed by atoms with Crippen molar-refractivity contribution in [2.75, 3.05) is 7.11 Å². The van der Waals surface area contributed by atoms with Crippen LogP contribution >= 0.6 is 0 Å². The molecule has 1 aliphatic rings. The fourth-order valence-corrected chi connectivity index (χ4v) is 3.90. The van der Waals surface area contributed by atoms with E-state index in [-0.39, 0.29) is 17.6 Å². The number of methoxy groups -OCH3 is 1. The standard InChI is InChI=1S/C19H20N2O3/c1-24-19(23)16-18(22)21(14-8-3-2-4-9-14)17-15-10-6-5-7-13(15)11-12-20(16)17/h5-7,10-12,14H,2-4,8-9H2,1H3. The van der Waals surface area contributed by atoms with Crippen LogP contribution in [0.2, 0.25) is 0 Å². The number of fused-ring (bicyclic) bond motifs is 3. The molecule has 0 saturated heterocycles. The molecular formula is C19H20N2O3. The summed E-state index contributed by atoms with van der Waals surface area (Å²) < 4.78 is 8.39. The highest BCUT2D eigenvalue weighted by Gasteiger charge is 2.32. The van der Waals surface area contributed by atoms with Gasteiger partial charge >= 0.3 is 5.97 Å². The summed E-state index contributed by atoms with van der Waals surface area (Å²) in [6.07, 6.45) is 7.19. The minimum Gasteiger partial charge on any atom is -0.839 e. The Hall–Kier alpha value is -2.56. The van der Waals surface area contributed by atoms with Gasteiger partial charge in [0.2, 0.25) is 5.69 Å². The number of nitrogens with zero attached hydrogens (tertiary/aromatic N) is 2. The lowest BCUT2D eigenvalue weighted by atomic mass is 9.95. The van der Waals surface area contributed by atoms with Crippen molar-refractivity contribution >= 4 is 22.4 Å². The van der Waals surface area contributed by atoms with Crippen LogP contribution < -0.4 is 9.67 Å². The Kier molecular flexibility index (Phi) is 3.63. The van der Waals surface area contributed by atoms with Crippen LogP contribution in [-0.2, 0) is 4.74 Å². The third-order valence-electron chi connectivity index (χ3n) is 5.04. The number of esters is 1. The summed E-state index contributed by atoms with van der Waals surface area (Å²) >= 11 is 0. The molecule has 0 atom stereocenters. The van der Waals surface area contributed by atoms with E-state index in [0.29, 0.717) is 0 Å². The zero-order chi connectivity index (χ0) is 16.7. The third-order valence-corrected chi connectivity index (χ3v) is 5.04. The molecule has 5 heteroatoms. The topological polar surface area (TPSA) is 57.7 Å². The first kappa shape index (κ1) is 15.0. The molecule has 0 unspecified atom stereocenters. The molecule has 0 aliphatic heterocycles. The highest BCUT2D eigenvalue weighted by molar-refractivity contribution is 5.96. The van der Waals surface area contributed by atoms with Crippen LogP contribution in [0.15, 0.2) is 36.5 Å². The van der Waals surface area contributed by atoms with Gasteiger partial charge in [-0.3, -0.25) is 0 Å². The van der Waals surface area contributed by atoms with E-state index in [2.05, 4.69) is 0 Å². The maximum absolute atomic E-state index is 13.1. The second-order valence-corrected chi connectivity index (χ2v) is 6.40. The first-order chi connectivity index (χ1) is 11.7. The Bertz CT molecular complexity index is 923. The number of hydrogen-bond donors (Lipinski definition) is 0. The molecule has 24 heavy (non-hydrogen) atoms. The van der Waals surface area contributed by atoms with Crippen molar-refractivity contribution in [3.63, 3.8) is 0 Å². The number of rotatable bonds is 2. The van der Waals surface area contributed by atoms with E-state index in [1.54, 1.807) is 10.6 Å². The van der Waals surface area contributed by atoms with E-state index < -0.39 is 5.97 Å². The van der Waals surface area contributed by atoms with E-state index in [4.69, 9.17) is 4.74 Å². The van der Waals surface area contributed by atoms with Crippen molar-refractivity contribution in [2.45, 2.75) is 38.1 Å². The molecular weight excluding hydrogens is 304 g/mol. The Morgan fingerprint density at radius 3 is 2.71 bits per heavy atom. The van der Waals surface area contributed by atoms with Gasteiger partial charge < -0.3 is 9.84 Å². The lowest BCUT2D eigenvalue weighted by Gasteiger charge is -2.22. The molecule has 0 amide bonds. The van der Waals surface area contributed by atoms with Gasteiger partial charge in [-0.05, 0) is 43.2 Å². The number of hydrogen-bond acceptors (Lipinski definition) is 3. The first-order valence-corrected chi connectivity index (χ1v) is 8.45. The van der Waals surface area contributed by atoms with Crippen LogP contribution in [-0.4, -0.2) is 17.5 Å². The second-order valence-electron chi connectivity index (χ2n) is 6.40. The lowest BCUT2D eigenvalue weighted by Crippen LogP contribution is -2.42. The summed E-state index contributed by atoms with van der Waals surface area (Å²) in [4.78, 5) is 12.2. The number of carbonyl (C=O) groups is 1. The molecule has 4 rings (SSSR count). The van der Waals surface area contributed by atoms with Gasteiger partial charge in [-0.1, -0.05) is 24.6 Å². The van der Waals surface area contributed by atoms with E-state index in [1.165, 1.54) is 13.5 Å². The largest absolute Gasteiger partial charge is 0.839 e. The van der Waals surface area contributed by atoms with Gasteiger partial charge in [0.1, 0.15) is 11.9 Å². The zero-order valence-corrected chi connectivity index (χ0v) is 13.7. The zero-order valence-electron chi connectivity index (χ0n) is 13.7. The van der Waals surface area contributed by atoms with Gasteiger partial charge in [-0.25, -0.2) is 9.36 Å². The highest BCUT2D eigenvalue weighted by Crippen LogP contribution is 2.30. The van der Waals surface area contributed by atoms with Gasteiger partial charge in [-0.15, -0.1) is 0 Å². The smallest absolute Gasteiger partial charge is 0.381 e. The fourth-order valence-electron chi connectivity index (χ4n) is 3.90. The number of carbonyl (C=O) groups excluding carboxylic acids is 1. The van der Waals surface area contributed by atoms with Crippen LogP contribution in [0.25, 0.3) is 16.4 Å². The Balaban J connectivity index is 2.09. The number of aromatic nitrogens is 2. The molecule has 124 valence electrons. The summed E-state index contributed by atoms with van der Waals surface area (Å²) in [5.41, 5.74) is 0.884. The van der Waals surface area contributed by atoms with E-state index in [9.17, 15) is 9.90 Å². The summed E-state index contributed by atoms with van der Waals surface area (Å²) in [7, 11) is 1.31. The van der Waals surface area contributed by atoms with Gasteiger partial charge in [0.15, 0.2) is 0 Å². The minimum absolute atomic E-state index is 0.0869. The molecule has 1 fully saturated rings. The summed E-state index contributed by atoms with van der Waals surface area (Å²) in [6.45, 7) is 0. The number of ether oxygens (including phenoxy) is 1. The highest BCUT2D eigenvalue weighted by atomic mass is 16.5. The molecule has 3 aromatic rings. The molecule has 2 heterocycles. The van der Waals surface area contributed by atoms with Crippen molar-refractivity contribution in [2.24, 2.45) is 0 Å². The molecule has 1 saturated carbocycles. The first-order valence-electron chi connectivity index (χ1n) is 8.45. The maximum Gasteiger partial charge on any atom is 0.381 e. The van der Waals surface area contributed by atoms with Crippen LogP contribution in [0.1, 0.15) is 48.6 Å². The average molecular weight is 324 g/mol. The van der Waals surface area contributed by atoms with Crippen LogP contribution in [0.5, 0.6) is 5.88 Å². The van der Waals surface area contributed by atoms with Crippen LogP contribution in [0.3, 0.4) is 0 Å². The molecule has 5 nitrogen and oxygen atoms in total. The number of benzene rings is 1. The molecule has 1 aromatic carbocycles. The summed E-state index contributed by atoms with van der Waals surface area (Å²) in [5, 5.41) is 15.1. The van der Waals surface area contributed by atoms with Crippen LogP contribution in [0.4, 0.5) is 0 Å². The van der Waals surface area contributed by atoms with Crippen molar-refractivity contribution in [1.29, 1.82) is 0 Å². The predicted octanol–water partition coefficient (Wildman–Crippen LogP) is 2.75. The Morgan fingerprint density at radius 1 is 1.21 bits per heavy atom. The van der Waals surface area contributed by atoms with Gasteiger partial charge in [0, 0.05) is 0 Å². The minimum atomic E-state index is -0.583. The Labute approximate surface area is 140 Å². The Morgan fingerprint density at radius 2 is 1.96 bits per heavy atom.